The molecule has 0 unspecified atom stereocenters. The number of rotatable bonds is 8. The second-order valence-corrected chi connectivity index (χ2v) is 9.63. The summed E-state index contributed by atoms with van der Waals surface area (Å²) in [4.78, 5) is 44.8. The molecule has 37 heavy (non-hydrogen) atoms. The molecule has 1 aromatic heterocycles. The first-order valence-electron chi connectivity index (χ1n) is 11.7. The van der Waals surface area contributed by atoms with Crippen molar-refractivity contribution in [2.45, 2.75) is 71.4 Å². The van der Waals surface area contributed by atoms with E-state index < -0.39 is 48.6 Å². The van der Waals surface area contributed by atoms with E-state index in [1.165, 1.54) is 39.2 Å². The molecular formula is C24H32N4O8S. The van der Waals surface area contributed by atoms with Gasteiger partial charge in [-0.25, -0.2) is 4.98 Å². The molecule has 0 spiro atoms. The number of guanidine groups is 1. The maximum Gasteiger partial charge on any atom is 0.303 e. The number of carbonyl (C=O) groups is 3. The predicted molar refractivity (Wildman–Crippen MR) is 136 cm³/mol. The number of fused-ring (bicyclic) bond motifs is 1. The Morgan fingerprint density at radius 2 is 1.65 bits per heavy atom. The maximum atomic E-state index is 12.0. The highest BCUT2D eigenvalue weighted by atomic mass is 32.1. The zero-order valence-corrected chi connectivity index (χ0v) is 22.4. The molecule has 1 fully saturated rings. The molecular weight excluding hydrogens is 504 g/mol. The summed E-state index contributed by atoms with van der Waals surface area (Å²) in [7, 11) is 1.36. The van der Waals surface area contributed by atoms with E-state index in [2.05, 4.69) is 20.6 Å². The number of aliphatic imine (C=N–C) groups is 1. The third kappa shape index (κ3) is 7.84. The second kappa shape index (κ2) is 12.8. The molecule has 2 aromatic rings. The Labute approximate surface area is 218 Å². The van der Waals surface area contributed by atoms with Gasteiger partial charge in [0.2, 0.25) is 0 Å². The van der Waals surface area contributed by atoms with Gasteiger partial charge in [0.15, 0.2) is 35.7 Å². The molecule has 0 aliphatic carbocycles. The van der Waals surface area contributed by atoms with Crippen LogP contribution in [0.3, 0.4) is 0 Å². The van der Waals surface area contributed by atoms with Crippen molar-refractivity contribution in [1.82, 2.24) is 10.3 Å². The largest absolute Gasteiger partial charge is 0.456 e. The van der Waals surface area contributed by atoms with Crippen molar-refractivity contribution in [1.29, 1.82) is 0 Å². The number of esters is 3. The highest BCUT2D eigenvalue weighted by Crippen LogP contribution is 2.30. The number of benzene rings is 1. The van der Waals surface area contributed by atoms with Crippen molar-refractivity contribution >= 4 is 50.6 Å². The fourth-order valence-corrected chi connectivity index (χ4v) is 4.66. The first-order valence-corrected chi connectivity index (χ1v) is 12.5. The van der Waals surface area contributed by atoms with E-state index in [1.54, 1.807) is 0 Å². The van der Waals surface area contributed by atoms with Crippen LogP contribution in [0, 0.1) is 0 Å². The van der Waals surface area contributed by atoms with Gasteiger partial charge < -0.3 is 34.3 Å². The van der Waals surface area contributed by atoms with E-state index in [1.807, 2.05) is 38.1 Å². The molecule has 1 aromatic carbocycles. The van der Waals surface area contributed by atoms with E-state index >= 15 is 0 Å². The zero-order chi connectivity index (χ0) is 27.1. The number of nitrogens with one attached hydrogen (secondary N) is 2. The summed E-state index contributed by atoms with van der Waals surface area (Å²) in [6.07, 6.45) is -5.46. The quantitative estimate of drug-likeness (QED) is 0.222. The van der Waals surface area contributed by atoms with Gasteiger partial charge in [-0.1, -0.05) is 23.5 Å². The van der Waals surface area contributed by atoms with E-state index in [-0.39, 0.29) is 12.6 Å². The van der Waals surface area contributed by atoms with Crippen LogP contribution < -0.4 is 10.6 Å². The molecule has 13 heteroatoms. The SMILES string of the molecule is CO[C@H]1O[C@H](CN=C(Nc2nc3ccccc3s2)NC(C)C)[C@@H](OC(C)=O)[C@H](OC(C)=O)[C@H]1OC(C)=O. The lowest BCUT2D eigenvalue weighted by Crippen LogP contribution is -2.62. The van der Waals surface area contributed by atoms with Crippen LogP contribution in [-0.2, 0) is 38.1 Å². The number of hydrogen-bond acceptors (Lipinski definition) is 11. The van der Waals surface area contributed by atoms with E-state index in [0.717, 1.165) is 10.2 Å². The molecule has 1 saturated heterocycles. The van der Waals surface area contributed by atoms with E-state index in [4.69, 9.17) is 23.7 Å². The molecule has 0 amide bonds. The van der Waals surface area contributed by atoms with Crippen LogP contribution in [0.4, 0.5) is 5.13 Å². The van der Waals surface area contributed by atoms with Crippen LogP contribution in [0.2, 0.25) is 0 Å². The molecule has 202 valence electrons. The number of thiazole rings is 1. The topological polar surface area (TPSA) is 147 Å². The summed E-state index contributed by atoms with van der Waals surface area (Å²) >= 11 is 1.47. The Morgan fingerprint density at radius 1 is 1.03 bits per heavy atom. The van der Waals surface area contributed by atoms with Gasteiger partial charge in [-0.3, -0.25) is 19.4 Å². The number of anilines is 1. The zero-order valence-electron chi connectivity index (χ0n) is 21.5. The van der Waals surface area contributed by atoms with Crippen LogP contribution in [0.25, 0.3) is 10.2 Å². The molecule has 1 aliphatic heterocycles. The number of nitrogens with zero attached hydrogens (tertiary/aromatic N) is 2. The summed E-state index contributed by atoms with van der Waals surface area (Å²) in [5, 5.41) is 7.06. The third-order valence-electron chi connectivity index (χ3n) is 5.10. The lowest BCUT2D eigenvalue weighted by atomic mass is 9.97. The second-order valence-electron chi connectivity index (χ2n) is 8.60. The molecule has 2 N–H and O–H groups in total. The van der Waals surface area contributed by atoms with E-state index in [9.17, 15) is 14.4 Å². The minimum Gasteiger partial charge on any atom is -0.456 e. The molecule has 3 rings (SSSR count). The maximum absolute atomic E-state index is 12.0. The van der Waals surface area contributed by atoms with Gasteiger partial charge in [-0.2, -0.15) is 0 Å². The number of para-hydroxylation sites is 1. The van der Waals surface area contributed by atoms with Crippen molar-refractivity contribution in [3.05, 3.63) is 24.3 Å². The Bertz CT molecular complexity index is 1100. The molecule has 5 atom stereocenters. The van der Waals surface area contributed by atoms with Crippen LogP contribution >= 0.6 is 11.3 Å². The first-order chi connectivity index (χ1) is 17.6. The van der Waals surface area contributed by atoms with Gasteiger partial charge in [0, 0.05) is 33.9 Å². The fourth-order valence-electron chi connectivity index (χ4n) is 3.79. The Hall–Kier alpha value is -3.29. The first kappa shape index (κ1) is 28.3. The van der Waals surface area contributed by atoms with Crippen LogP contribution in [0.15, 0.2) is 29.3 Å². The van der Waals surface area contributed by atoms with Gasteiger partial charge in [-0.05, 0) is 26.0 Å². The fraction of sp³-hybridized carbons (Fsp3) is 0.542. The number of methoxy groups -OCH3 is 1. The van der Waals surface area contributed by atoms with E-state index in [0.29, 0.717) is 11.1 Å². The Kier molecular flexibility index (Phi) is 9.78. The molecule has 0 radical (unpaired) electrons. The van der Waals surface area contributed by atoms with Gasteiger partial charge in [-0.15, -0.1) is 0 Å². The average Bonchev–Trinajstić information content (AvgIpc) is 3.21. The van der Waals surface area contributed by atoms with Crippen molar-refractivity contribution < 1.29 is 38.1 Å². The van der Waals surface area contributed by atoms with Gasteiger partial charge in [0.25, 0.3) is 0 Å². The lowest BCUT2D eigenvalue weighted by molar-refractivity contribution is -0.296. The van der Waals surface area contributed by atoms with Crippen LogP contribution in [-0.4, -0.2) is 79.3 Å². The van der Waals surface area contributed by atoms with Crippen LogP contribution in [0.1, 0.15) is 34.6 Å². The average molecular weight is 537 g/mol. The number of aromatic nitrogens is 1. The van der Waals surface area contributed by atoms with Crippen LogP contribution in [0.5, 0.6) is 0 Å². The minimum atomic E-state index is -1.18. The van der Waals surface area contributed by atoms with Gasteiger partial charge in [0.05, 0.1) is 16.8 Å². The predicted octanol–water partition coefficient (Wildman–Crippen LogP) is 2.23. The van der Waals surface area contributed by atoms with Crippen molar-refractivity contribution in [2.24, 2.45) is 4.99 Å². The standard InChI is InChI=1S/C24H32N4O8S/c1-12(2)26-23(28-24-27-16-9-7-8-10-18(16)37-24)25-11-17-19(33-13(3)29)20(34-14(4)30)21(35-15(5)31)22(32-6)36-17/h7-10,12,17,19-22H,11H2,1-6H3,(H2,25,26,27,28)/t17-,19-,20+,21-,22+/m1/s1. The number of carbonyl (C=O) groups excluding carboxylic acids is 3. The summed E-state index contributed by atoms with van der Waals surface area (Å²) < 4.78 is 28.6. The summed E-state index contributed by atoms with van der Waals surface area (Å²) in [6, 6.07) is 7.78. The highest BCUT2D eigenvalue weighted by Gasteiger charge is 2.52. The monoisotopic (exact) mass is 536 g/mol. The molecule has 12 nitrogen and oxygen atoms in total. The number of ether oxygens (including phenoxy) is 5. The van der Waals surface area contributed by atoms with Gasteiger partial charge >= 0.3 is 17.9 Å². The normalized spacial score (nSPS) is 24.0. The van der Waals surface area contributed by atoms with Crippen molar-refractivity contribution in [2.75, 3.05) is 19.0 Å². The summed E-state index contributed by atoms with van der Waals surface area (Å²) in [6.45, 7) is 7.51. The summed E-state index contributed by atoms with van der Waals surface area (Å²) in [5.41, 5.74) is 0.855. The Morgan fingerprint density at radius 3 is 2.24 bits per heavy atom. The number of hydrogen-bond donors (Lipinski definition) is 2. The molecule has 1 aliphatic rings. The van der Waals surface area contributed by atoms with Crippen molar-refractivity contribution in [3.63, 3.8) is 0 Å². The van der Waals surface area contributed by atoms with Gasteiger partial charge in [0.1, 0.15) is 6.10 Å². The van der Waals surface area contributed by atoms with Crippen molar-refractivity contribution in [3.8, 4) is 0 Å². The Balaban J connectivity index is 1.90. The smallest absolute Gasteiger partial charge is 0.303 e. The molecule has 2 heterocycles. The molecule has 0 saturated carbocycles. The lowest BCUT2D eigenvalue weighted by Gasteiger charge is -2.43. The third-order valence-corrected chi connectivity index (χ3v) is 6.06. The molecule has 0 bridgehead atoms. The minimum absolute atomic E-state index is 0.0185. The highest BCUT2D eigenvalue weighted by molar-refractivity contribution is 7.22. The summed E-state index contributed by atoms with van der Waals surface area (Å²) in [5.74, 6) is -1.52.